The summed E-state index contributed by atoms with van der Waals surface area (Å²) in [5, 5.41) is 3.48. The van der Waals surface area contributed by atoms with E-state index in [1.807, 2.05) is 6.20 Å². The van der Waals surface area contributed by atoms with E-state index >= 15 is 0 Å². The van der Waals surface area contributed by atoms with Crippen molar-refractivity contribution < 1.29 is 0 Å². The fourth-order valence-corrected chi connectivity index (χ4v) is 3.02. The molecule has 0 aromatic carbocycles. The number of nitrogens with zero attached hydrogens (tertiary/aromatic N) is 3. The first kappa shape index (κ1) is 15.7. The van der Waals surface area contributed by atoms with E-state index in [2.05, 4.69) is 63.1 Å². The summed E-state index contributed by atoms with van der Waals surface area (Å²) >= 11 is 3.53. The minimum Gasteiger partial charge on any atom is -0.355 e. The van der Waals surface area contributed by atoms with Gasteiger partial charge in [0.1, 0.15) is 5.82 Å². The maximum atomic E-state index is 4.65. The third-order valence-electron chi connectivity index (χ3n) is 3.84. The number of aromatic nitrogens is 1. The van der Waals surface area contributed by atoms with Crippen LogP contribution in [0.25, 0.3) is 0 Å². The van der Waals surface area contributed by atoms with Gasteiger partial charge in [0.25, 0.3) is 0 Å². The molecule has 112 valence electrons. The van der Waals surface area contributed by atoms with E-state index in [1.54, 1.807) is 0 Å². The highest BCUT2D eigenvalue weighted by Crippen LogP contribution is 2.26. The average molecular weight is 341 g/mol. The van der Waals surface area contributed by atoms with Gasteiger partial charge in [-0.2, -0.15) is 0 Å². The van der Waals surface area contributed by atoms with Gasteiger partial charge in [-0.3, -0.25) is 0 Å². The summed E-state index contributed by atoms with van der Waals surface area (Å²) in [5.41, 5.74) is 1.28. The molecule has 1 atom stereocenters. The SMILES string of the molecule is CCCNCc1cc(Br)cnc1N1CCC(N(C)C)C1. The Morgan fingerprint density at radius 3 is 2.95 bits per heavy atom. The summed E-state index contributed by atoms with van der Waals surface area (Å²) in [6, 6.07) is 2.82. The summed E-state index contributed by atoms with van der Waals surface area (Å²) in [6.45, 7) is 6.29. The molecule has 0 radical (unpaired) electrons. The van der Waals surface area contributed by atoms with E-state index < -0.39 is 0 Å². The van der Waals surface area contributed by atoms with Crippen LogP contribution in [0.2, 0.25) is 0 Å². The second-order valence-corrected chi connectivity index (χ2v) is 6.58. The molecule has 2 heterocycles. The molecule has 0 spiro atoms. The lowest BCUT2D eigenvalue weighted by molar-refractivity contribution is 0.315. The maximum absolute atomic E-state index is 4.65. The largest absolute Gasteiger partial charge is 0.355 e. The molecule has 0 aliphatic carbocycles. The molecule has 0 saturated carbocycles. The van der Waals surface area contributed by atoms with Crippen LogP contribution < -0.4 is 10.2 Å². The normalized spacial score (nSPS) is 19.1. The molecule has 4 nitrogen and oxygen atoms in total. The molecular weight excluding hydrogens is 316 g/mol. The first-order valence-corrected chi connectivity index (χ1v) is 8.17. The van der Waals surface area contributed by atoms with Crippen LogP contribution in [0.1, 0.15) is 25.3 Å². The number of hydrogen-bond donors (Lipinski definition) is 1. The van der Waals surface area contributed by atoms with E-state index in [1.165, 1.54) is 12.0 Å². The number of hydrogen-bond acceptors (Lipinski definition) is 4. The van der Waals surface area contributed by atoms with Gasteiger partial charge in [0, 0.05) is 41.9 Å². The van der Waals surface area contributed by atoms with Crippen LogP contribution in [0.3, 0.4) is 0 Å². The number of nitrogens with one attached hydrogen (secondary N) is 1. The molecule has 20 heavy (non-hydrogen) atoms. The molecule has 2 rings (SSSR count). The highest BCUT2D eigenvalue weighted by molar-refractivity contribution is 9.10. The number of anilines is 1. The van der Waals surface area contributed by atoms with E-state index in [-0.39, 0.29) is 0 Å². The Morgan fingerprint density at radius 1 is 1.50 bits per heavy atom. The summed E-state index contributed by atoms with van der Waals surface area (Å²) < 4.78 is 1.05. The molecular formula is C15H25BrN4. The number of likely N-dealkylation sites (N-methyl/N-ethyl adjacent to an activating group) is 1. The zero-order valence-electron chi connectivity index (χ0n) is 12.7. The topological polar surface area (TPSA) is 31.4 Å². The third kappa shape index (κ3) is 3.93. The second kappa shape index (κ2) is 7.38. The summed E-state index contributed by atoms with van der Waals surface area (Å²) in [7, 11) is 4.32. The molecule has 1 aromatic rings. The number of halogens is 1. The van der Waals surface area contributed by atoms with Crippen molar-refractivity contribution in [3.63, 3.8) is 0 Å². The molecule has 1 unspecified atom stereocenters. The zero-order chi connectivity index (χ0) is 14.5. The summed E-state index contributed by atoms with van der Waals surface area (Å²) in [6.07, 6.45) is 4.28. The van der Waals surface area contributed by atoms with Crippen LogP contribution >= 0.6 is 15.9 Å². The predicted octanol–water partition coefficient (Wildman–Crippen LogP) is 2.48. The zero-order valence-corrected chi connectivity index (χ0v) is 14.3. The Labute approximate surface area is 130 Å². The molecule has 1 aliphatic heterocycles. The van der Waals surface area contributed by atoms with Gasteiger partial charge in [-0.25, -0.2) is 4.98 Å². The van der Waals surface area contributed by atoms with Gasteiger partial charge in [0.15, 0.2) is 0 Å². The van der Waals surface area contributed by atoms with Crippen LogP contribution in [0.5, 0.6) is 0 Å². The summed E-state index contributed by atoms with van der Waals surface area (Å²) in [4.78, 5) is 9.38. The number of rotatable bonds is 6. The quantitative estimate of drug-likeness (QED) is 0.806. The first-order valence-electron chi connectivity index (χ1n) is 7.38. The van der Waals surface area contributed by atoms with Crippen LogP contribution in [0.15, 0.2) is 16.7 Å². The number of pyridine rings is 1. The second-order valence-electron chi connectivity index (χ2n) is 5.67. The van der Waals surface area contributed by atoms with Crippen LogP contribution in [-0.4, -0.2) is 49.7 Å². The Bertz CT molecular complexity index is 436. The molecule has 1 N–H and O–H groups in total. The third-order valence-corrected chi connectivity index (χ3v) is 4.28. The van der Waals surface area contributed by atoms with Crippen molar-refractivity contribution in [2.75, 3.05) is 38.6 Å². The Morgan fingerprint density at radius 2 is 2.30 bits per heavy atom. The minimum atomic E-state index is 0.636. The van der Waals surface area contributed by atoms with E-state index in [0.29, 0.717) is 6.04 Å². The standard InChI is InChI=1S/C15H25BrN4/c1-4-6-17-9-12-8-13(16)10-18-15(12)20-7-5-14(11-20)19(2)3/h8,10,14,17H,4-7,9,11H2,1-3H3. The van der Waals surface area contributed by atoms with Crippen molar-refractivity contribution in [2.45, 2.75) is 32.4 Å². The van der Waals surface area contributed by atoms with Gasteiger partial charge in [0.05, 0.1) is 0 Å². The van der Waals surface area contributed by atoms with Gasteiger partial charge >= 0.3 is 0 Å². The average Bonchev–Trinajstić information content (AvgIpc) is 2.89. The molecule has 1 fully saturated rings. The van der Waals surface area contributed by atoms with Gasteiger partial charge < -0.3 is 15.1 Å². The highest BCUT2D eigenvalue weighted by atomic mass is 79.9. The molecule has 1 aromatic heterocycles. The Kier molecular flexibility index (Phi) is 5.81. The monoisotopic (exact) mass is 340 g/mol. The van der Waals surface area contributed by atoms with Crippen LogP contribution in [-0.2, 0) is 6.54 Å². The lowest BCUT2D eigenvalue weighted by Crippen LogP contribution is -2.32. The molecule has 0 amide bonds. The van der Waals surface area contributed by atoms with Gasteiger partial charge in [0.2, 0.25) is 0 Å². The van der Waals surface area contributed by atoms with Crippen molar-refractivity contribution >= 4 is 21.7 Å². The van der Waals surface area contributed by atoms with Crippen molar-refractivity contribution in [3.05, 3.63) is 22.3 Å². The van der Waals surface area contributed by atoms with E-state index in [0.717, 1.165) is 42.9 Å². The molecule has 5 heteroatoms. The lowest BCUT2D eigenvalue weighted by Gasteiger charge is -2.23. The fraction of sp³-hybridized carbons (Fsp3) is 0.667. The van der Waals surface area contributed by atoms with Crippen LogP contribution in [0.4, 0.5) is 5.82 Å². The molecule has 1 saturated heterocycles. The lowest BCUT2D eigenvalue weighted by atomic mass is 10.2. The van der Waals surface area contributed by atoms with Crippen molar-refractivity contribution in [1.82, 2.24) is 15.2 Å². The molecule has 0 bridgehead atoms. The van der Waals surface area contributed by atoms with E-state index in [9.17, 15) is 0 Å². The van der Waals surface area contributed by atoms with E-state index in [4.69, 9.17) is 0 Å². The van der Waals surface area contributed by atoms with Crippen LogP contribution in [0, 0.1) is 0 Å². The first-order chi connectivity index (χ1) is 9.61. The predicted molar refractivity (Wildman–Crippen MR) is 88.2 cm³/mol. The van der Waals surface area contributed by atoms with Gasteiger partial charge in [-0.05, 0) is 55.5 Å². The van der Waals surface area contributed by atoms with Crippen molar-refractivity contribution in [3.8, 4) is 0 Å². The maximum Gasteiger partial charge on any atom is 0.133 e. The Hall–Kier alpha value is -0.650. The van der Waals surface area contributed by atoms with Crippen molar-refractivity contribution in [1.29, 1.82) is 0 Å². The van der Waals surface area contributed by atoms with Crippen molar-refractivity contribution in [2.24, 2.45) is 0 Å². The molecule has 1 aliphatic rings. The Balaban J connectivity index is 2.10. The highest BCUT2D eigenvalue weighted by Gasteiger charge is 2.26. The summed E-state index contributed by atoms with van der Waals surface area (Å²) in [5.74, 6) is 1.14. The smallest absolute Gasteiger partial charge is 0.133 e. The van der Waals surface area contributed by atoms with Gasteiger partial charge in [-0.1, -0.05) is 6.92 Å². The minimum absolute atomic E-state index is 0.636. The fourth-order valence-electron chi connectivity index (χ4n) is 2.64. The van der Waals surface area contributed by atoms with Gasteiger partial charge in [-0.15, -0.1) is 0 Å².